The maximum absolute atomic E-state index is 13.1. The van der Waals surface area contributed by atoms with E-state index in [1.54, 1.807) is 42.5 Å². The number of aliphatic hydroxyl groups excluding tert-OH is 2. The van der Waals surface area contributed by atoms with E-state index >= 15 is 0 Å². The first kappa shape index (κ1) is 58.9. The molecule has 6 aromatic rings. The number of amides is 2. The van der Waals surface area contributed by atoms with Crippen LogP contribution in [0.1, 0.15) is 84.5 Å². The first-order valence-electron chi connectivity index (χ1n) is 25.9. The van der Waals surface area contributed by atoms with Crippen molar-refractivity contribution in [2.75, 3.05) is 13.5 Å². The van der Waals surface area contributed by atoms with Gasteiger partial charge in [0.15, 0.2) is 12.4 Å². The molecule has 2 saturated heterocycles. The molecule has 4 unspecified atom stereocenters. The molecule has 15 heteroatoms. The van der Waals surface area contributed by atoms with E-state index < -0.39 is 36.7 Å². The van der Waals surface area contributed by atoms with Gasteiger partial charge in [0, 0.05) is 11.8 Å². The molecule has 8 rings (SSSR count). The Kier molecular flexibility index (Phi) is 23.2. The second-order valence-electron chi connectivity index (χ2n) is 19.2. The Bertz CT molecular complexity index is 2670. The molecule has 0 saturated carbocycles. The summed E-state index contributed by atoms with van der Waals surface area (Å²) in [7, 11) is 0. The minimum absolute atomic E-state index is 0.0612. The van der Waals surface area contributed by atoms with Crippen LogP contribution in [0.3, 0.4) is 0 Å². The first-order valence-corrected chi connectivity index (χ1v) is 25.9. The normalized spacial score (nSPS) is 22.5. The summed E-state index contributed by atoms with van der Waals surface area (Å²) in [6.45, 7) is 12.2. The highest BCUT2D eigenvalue weighted by molar-refractivity contribution is 5.90. The highest BCUT2D eigenvalue weighted by atomic mass is 16.7. The van der Waals surface area contributed by atoms with E-state index in [1.165, 1.54) is 9.80 Å². The molecular weight excluding hydrogens is 981 g/mol. The van der Waals surface area contributed by atoms with Crippen LogP contribution in [0, 0.1) is 17.8 Å². The van der Waals surface area contributed by atoms with Crippen molar-refractivity contribution in [3.63, 3.8) is 0 Å². The molecule has 15 nitrogen and oxygen atoms in total. The summed E-state index contributed by atoms with van der Waals surface area (Å²) in [6, 6.07) is 55.4. The summed E-state index contributed by atoms with van der Waals surface area (Å²) < 4.78 is 39.9. The zero-order valence-corrected chi connectivity index (χ0v) is 44.6. The monoisotopic (exact) mass is 1050 g/mol. The van der Waals surface area contributed by atoms with E-state index in [9.17, 15) is 29.4 Å². The van der Waals surface area contributed by atoms with Crippen molar-refractivity contribution in [1.82, 2.24) is 9.80 Å². The van der Waals surface area contributed by atoms with Gasteiger partial charge in [-0.15, -0.1) is 0 Å². The van der Waals surface area contributed by atoms with Crippen LogP contribution in [0.2, 0.25) is 0 Å². The lowest BCUT2D eigenvalue weighted by atomic mass is 9.82. The average molecular weight is 1050 g/mol. The van der Waals surface area contributed by atoms with Gasteiger partial charge in [0.05, 0.1) is 42.5 Å². The molecule has 10 atom stereocenters. The van der Waals surface area contributed by atoms with Crippen molar-refractivity contribution in [1.29, 1.82) is 0 Å². The summed E-state index contributed by atoms with van der Waals surface area (Å²) in [5.74, 6) is -0.498. The number of carbonyl (C=O) groups excluding carboxylic acids is 4. The quantitative estimate of drug-likeness (QED) is 0.0532. The molecule has 0 spiro atoms. The number of benzene rings is 6. The molecule has 2 heterocycles. The van der Waals surface area contributed by atoms with Crippen molar-refractivity contribution in [2.45, 2.75) is 111 Å². The number of aliphatic hydroxyl groups is 2. The van der Waals surface area contributed by atoms with Crippen LogP contribution in [-0.4, -0.2) is 101 Å². The third-order valence-electron chi connectivity index (χ3n) is 13.6. The lowest BCUT2D eigenvalue weighted by molar-refractivity contribution is -0.286. The lowest BCUT2D eigenvalue weighted by Gasteiger charge is -2.42. The predicted octanol–water partition coefficient (Wildman–Crippen LogP) is 10.8. The van der Waals surface area contributed by atoms with E-state index in [0.29, 0.717) is 29.5 Å². The van der Waals surface area contributed by atoms with Gasteiger partial charge in [0.1, 0.15) is 38.9 Å². The fraction of sp³-hybridized carbons (Fsp3) is 0.355. The van der Waals surface area contributed by atoms with Crippen molar-refractivity contribution in [3.05, 3.63) is 215 Å². The SMILES string of the molecule is CC1O[C@@H](C)C(OC(=O)c2ccccc2)[C@@H](C)[C@H]1C.CC1O[C@@H](OCN(Cc2ccccc2)C(=O)OCc2ccccc2)C(OC(=O)c2ccccc2)[C@@H](O)[C@H]1C.O=C(OCc1ccccc1)N(CO)Cc1ccccc1. The van der Waals surface area contributed by atoms with Crippen molar-refractivity contribution in [2.24, 2.45) is 17.8 Å². The van der Waals surface area contributed by atoms with Gasteiger partial charge in [0.2, 0.25) is 0 Å². The minimum atomic E-state index is -1.09. The van der Waals surface area contributed by atoms with Gasteiger partial charge in [-0.3, -0.25) is 9.80 Å². The van der Waals surface area contributed by atoms with Gasteiger partial charge in [-0.25, -0.2) is 19.2 Å². The number of ether oxygens (including phenoxy) is 7. The average Bonchev–Trinajstić information content (AvgIpc) is 3.47. The van der Waals surface area contributed by atoms with Gasteiger partial charge < -0.3 is 43.4 Å². The van der Waals surface area contributed by atoms with E-state index in [1.807, 2.05) is 160 Å². The van der Waals surface area contributed by atoms with E-state index in [-0.39, 0.29) is 69.5 Å². The highest BCUT2D eigenvalue weighted by Gasteiger charge is 2.45. The van der Waals surface area contributed by atoms with E-state index in [0.717, 1.165) is 22.3 Å². The summed E-state index contributed by atoms with van der Waals surface area (Å²) in [5.41, 5.74) is 4.53. The number of hydrogen-bond acceptors (Lipinski definition) is 13. The topological polar surface area (TPSA) is 180 Å². The summed E-state index contributed by atoms with van der Waals surface area (Å²) in [5, 5.41) is 20.2. The maximum atomic E-state index is 13.1. The number of rotatable bonds is 16. The molecule has 0 aromatic heterocycles. The molecule has 6 aromatic carbocycles. The van der Waals surface area contributed by atoms with E-state index in [4.69, 9.17) is 33.2 Å². The van der Waals surface area contributed by atoms with Gasteiger partial charge in [-0.05, 0) is 73.2 Å². The zero-order chi connectivity index (χ0) is 55.1. The first-order chi connectivity index (χ1) is 37.2. The minimum Gasteiger partial charge on any atom is -0.456 e. The number of esters is 2. The Balaban J connectivity index is 0.000000207. The standard InChI is InChI=1S/C30H33NO7.C16H17NO3.C16H22O3/c1-21-22(2)37-29(27(26(21)32)38-28(33)25-16-10-5-11-17-25)36-20-31(18-23-12-6-3-7-13-23)30(34)35-19-24-14-8-4-9-15-24;18-13-17(11-14-7-3-1-4-8-14)16(19)20-12-15-9-5-2-6-10-15;1-10-11(2)15(13(4)18-12(10)3)19-16(17)14-8-6-5-7-9-14/h3-17,21-22,26-27,29,32H,18-20H2,1-2H3;1-10,18H,11-13H2;5-13,15H,1-4H3/t21-,22?,26-,27?,29+;;10-,11+,12?,13+,15?/m0.1/s1. The van der Waals surface area contributed by atoms with Gasteiger partial charge >= 0.3 is 24.1 Å². The molecule has 77 heavy (non-hydrogen) atoms. The largest absolute Gasteiger partial charge is 0.456 e. The molecule has 0 aliphatic carbocycles. The Hall–Kier alpha value is -7.40. The van der Waals surface area contributed by atoms with Crippen LogP contribution >= 0.6 is 0 Å². The fourth-order valence-electron chi connectivity index (χ4n) is 8.57. The molecule has 2 amide bonds. The summed E-state index contributed by atoms with van der Waals surface area (Å²) in [4.78, 5) is 52.5. The Morgan fingerprint density at radius 2 is 0.831 bits per heavy atom. The smallest absolute Gasteiger partial charge is 0.412 e. The second kappa shape index (κ2) is 30.4. The third kappa shape index (κ3) is 18.1. The summed E-state index contributed by atoms with van der Waals surface area (Å²) in [6.07, 6.45) is -4.71. The number of hydrogen-bond donors (Lipinski definition) is 2. The molecule has 2 N–H and O–H groups in total. The highest BCUT2D eigenvalue weighted by Crippen LogP contribution is 2.33. The Morgan fingerprint density at radius 3 is 1.27 bits per heavy atom. The fourth-order valence-corrected chi connectivity index (χ4v) is 8.57. The Labute approximate surface area is 452 Å². The zero-order valence-electron chi connectivity index (χ0n) is 44.6. The van der Waals surface area contributed by atoms with Crippen molar-refractivity contribution in [3.8, 4) is 0 Å². The summed E-state index contributed by atoms with van der Waals surface area (Å²) >= 11 is 0. The van der Waals surface area contributed by atoms with Crippen molar-refractivity contribution < 1.29 is 62.5 Å². The maximum Gasteiger partial charge on any atom is 0.412 e. The number of nitrogens with zero attached hydrogens (tertiary/aromatic N) is 2. The van der Waals surface area contributed by atoms with E-state index in [2.05, 4.69) is 20.8 Å². The Morgan fingerprint density at radius 1 is 0.455 bits per heavy atom. The molecule has 2 aliphatic heterocycles. The van der Waals surface area contributed by atoms with Crippen LogP contribution in [0.25, 0.3) is 0 Å². The van der Waals surface area contributed by atoms with Crippen LogP contribution < -0.4 is 0 Å². The predicted molar refractivity (Wildman–Crippen MR) is 289 cm³/mol. The number of carbonyl (C=O) groups is 4. The van der Waals surface area contributed by atoms with Crippen molar-refractivity contribution >= 4 is 24.1 Å². The van der Waals surface area contributed by atoms with Crippen LogP contribution in [0.4, 0.5) is 9.59 Å². The molecule has 2 aliphatic rings. The third-order valence-corrected chi connectivity index (χ3v) is 13.6. The molecule has 408 valence electrons. The van der Waals surface area contributed by atoms with Gasteiger partial charge in [-0.2, -0.15) is 0 Å². The molecule has 2 fully saturated rings. The second-order valence-corrected chi connectivity index (χ2v) is 19.2. The van der Waals surface area contributed by atoms with Crippen LogP contribution in [0.5, 0.6) is 0 Å². The molecular formula is C62H72N2O13. The van der Waals surface area contributed by atoms with Gasteiger partial charge in [0.25, 0.3) is 0 Å². The van der Waals surface area contributed by atoms with Crippen LogP contribution in [-0.2, 0) is 59.5 Å². The van der Waals surface area contributed by atoms with Gasteiger partial charge in [-0.1, -0.05) is 178 Å². The molecule has 0 radical (unpaired) electrons. The molecule has 0 bridgehead atoms. The van der Waals surface area contributed by atoms with Crippen LogP contribution in [0.15, 0.2) is 182 Å². The lowest BCUT2D eigenvalue weighted by Crippen LogP contribution is -2.56.